The van der Waals surface area contributed by atoms with E-state index in [9.17, 15) is 0 Å². The van der Waals surface area contributed by atoms with Gasteiger partial charge in [0.25, 0.3) is 0 Å². The van der Waals surface area contributed by atoms with Crippen LogP contribution >= 0.6 is 0 Å². The average Bonchev–Trinajstić information content (AvgIpc) is 2.15. The normalized spacial score (nSPS) is 21.2. The van der Waals surface area contributed by atoms with E-state index in [2.05, 4.69) is 10.3 Å². The molecule has 1 aliphatic rings. The zero-order valence-corrected chi connectivity index (χ0v) is 8.60. The summed E-state index contributed by atoms with van der Waals surface area (Å²) in [5.41, 5.74) is 0.529. The van der Waals surface area contributed by atoms with Crippen molar-refractivity contribution in [3.63, 3.8) is 0 Å². The molecule has 2 heterocycles. The molecule has 0 amide bonds. The Kier molecular flexibility index (Phi) is 2.84. The molecular weight excluding hydrogens is 190 g/mol. The van der Waals surface area contributed by atoms with Crippen LogP contribution in [-0.4, -0.2) is 23.7 Å². The van der Waals surface area contributed by atoms with Crippen LogP contribution in [0.25, 0.3) is 0 Å². The first-order valence-corrected chi connectivity index (χ1v) is 5.05. The highest BCUT2D eigenvalue weighted by Crippen LogP contribution is 2.16. The fourth-order valence-electron chi connectivity index (χ4n) is 1.55. The highest BCUT2D eigenvalue weighted by molar-refractivity contribution is 5.32. The van der Waals surface area contributed by atoms with Gasteiger partial charge in [0, 0.05) is 18.3 Å². The van der Waals surface area contributed by atoms with Crippen molar-refractivity contribution in [3.05, 3.63) is 24.0 Å². The Morgan fingerprint density at radius 2 is 2.47 bits per heavy atom. The zero-order valence-electron chi connectivity index (χ0n) is 8.60. The number of aromatic nitrogens is 1. The number of hydrogen-bond acceptors (Lipinski definition) is 4. The maximum absolute atomic E-state index is 8.70. The lowest BCUT2D eigenvalue weighted by atomic mass is 10.0. The summed E-state index contributed by atoms with van der Waals surface area (Å²) in [6, 6.07) is 4.18. The van der Waals surface area contributed by atoms with Crippen molar-refractivity contribution in [1.29, 1.82) is 5.26 Å². The molecule has 78 valence electrons. The van der Waals surface area contributed by atoms with Gasteiger partial charge < -0.3 is 10.1 Å². The third-order valence-corrected chi connectivity index (χ3v) is 2.59. The van der Waals surface area contributed by atoms with Crippen LogP contribution in [0.3, 0.4) is 0 Å². The van der Waals surface area contributed by atoms with Gasteiger partial charge in [-0.05, 0) is 19.9 Å². The van der Waals surface area contributed by atoms with Crippen LogP contribution in [0.15, 0.2) is 18.5 Å². The maximum Gasteiger partial charge on any atom is 0.139 e. The SMILES string of the molecule is CC(Oc1cncc(C#N)c1)[C@@H]1CCN1. The minimum absolute atomic E-state index is 0.120. The summed E-state index contributed by atoms with van der Waals surface area (Å²) in [7, 11) is 0. The largest absolute Gasteiger partial charge is 0.487 e. The molecule has 1 N–H and O–H groups in total. The topological polar surface area (TPSA) is 57.9 Å². The predicted molar refractivity (Wildman–Crippen MR) is 55.4 cm³/mol. The molecule has 0 bridgehead atoms. The molecule has 1 fully saturated rings. The van der Waals surface area contributed by atoms with Gasteiger partial charge in [-0.2, -0.15) is 5.26 Å². The van der Waals surface area contributed by atoms with E-state index in [-0.39, 0.29) is 6.10 Å². The Morgan fingerprint density at radius 3 is 3.07 bits per heavy atom. The molecule has 0 spiro atoms. The average molecular weight is 203 g/mol. The van der Waals surface area contributed by atoms with Crippen molar-refractivity contribution in [2.24, 2.45) is 0 Å². The number of pyridine rings is 1. The third kappa shape index (κ3) is 2.25. The number of ether oxygens (including phenoxy) is 1. The minimum Gasteiger partial charge on any atom is -0.487 e. The van der Waals surface area contributed by atoms with Gasteiger partial charge in [-0.1, -0.05) is 0 Å². The molecule has 1 unspecified atom stereocenters. The number of nitrogens with zero attached hydrogens (tertiary/aromatic N) is 2. The molecule has 2 atom stereocenters. The van der Waals surface area contributed by atoms with Crippen LogP contribution in [-0.2, 0) is 0 Å². The molecule has 15 heavy (non-hydrogen) atoms. The summed E-state index contributed by atoms with van der Waals surface area (Å²) >= 11 is 0. The first-order chi connectivity index (χ1) is 7.29. The first-order valence-electron chi connectivity index (χ1n) is 5.05. The van der Waals surface area contributed by atoms with Crippen molar-refractivity contribution in [2.45, 2.75) is 25.5 Å². The Morgan fingerprint density at radius 1 is 1.67 bits per heavy atom. The third-order valence-electron chi connectivity index (χ3n) is 2.59. The smallest absolute Gasteiger partial charge is 0.139 e. The second-order valence-corrected chi connectivity index (χ2v) is 3.69. The lowest BCUT2D eigenvalue weighted by Gasteiger charge is -2.33. The summed E-state index contributed by atoms with van der Waals surface area (Å²) in [5.74, 6) is 0.662. The number of hydrogen-bond donors (Lipinski definition) is 1. The fourth-order valence-corrected chi connectivity index (χ4v) is 1.55. The summed E-state index contributed by atoms with van der Waals surface area (Å²) in [4.78, 5) is 3.94. The zero-order chi connectivity index (χ0) is 10.7. The number of nitrogens with one attached hydrogen (secondary N) is 1. The van der Waals surface area contributed by atoms with Gasteiger partial charge in [0.15, 0.2) is 0 Å². The summed E-state index contributed by atoms with van der Waals surface area (Å²) in [6.07, 6.45) is 4.43. The second-order valence-electron chi connectivity index (χ2n) is 3.69. The van der Waals surface area contributed by atoms with Crippen LogP contribution in [0.2, 0.25) is 0 Å². The van der Waals surface area contributed by atoms with Crippen molar-refractivity contribution >= 4 is 0 Å². The standard InChI is InChI=1S/C11H13N3O/c1-8(11-2-3-14-11)15-10-4-9(5-12)6-13-7-10/h4,6-8,11,14H,2-3H2,1H3/t8?,11-/m0/s1. The van der Waals surface area contributed by atoms with Gasteiger partial charge in [-0.25, -0.2) is 0 Å². The summed E-state index contributed by atoms with van der Waals surface area (Å²) < 4.78 is 5.68. The molecule has 2 rings (SSSR count). The Labute approximate surface area is 88.9 Å². The Balaban J connectivity index is 2.00. The summed E-state index contributed by atoms with van der Waals surface area (Å²) in [5, 5.41) is 12.0. The van der Waals surface area contributed by atoms with Gasteiger partial charge in [0.05, 0.1) is 11.8 Å². The molecule has 4 heteroatoms. The molecule has 1 aromatic heterocycles. The molecule has 0 saturated carbocycles. The predicted octanol–water partition coefficient (Wildman–Crippen LogP) is 1.08. The highest BCUT2D eigenvalue weighted by Gasteiger charge is 2.24. The van der Waals surface area contributed by atoms with E-state index < -0.39 is 0 Å². The lowest BCUT2D eigenvalue weighted by molar-refractivity contribution is 0.133. The van der Waals surface area contributed by atoms with E-state index in [4.69, 9.17) is 10.00 Å². The van der Waals surface area contributed by atoms with E-state index in [0.29, 0.717) is 17.4 Å². The molecule has 4 nitrogen and oxygen atoms in total. The minimum atomic E-state index is 0.120. The van der Waals surface area contributed by atoms with Crippen molar-refractivity contribution in [3.8, 4) is 11.8 Å². The van der Waals surface area contributed by atoms with Crippen molar-refractivity contribution < 1.29 is 4.74 Å². The fraction of sp³-hybridized carbons (Fsp3) is 0.455. The molecule has 1 saturated heterocycles. The van der Waals surface area contributed by atoms with E-state index in [1.165, 1.54) is 6.20 Å². The second kappa shape index (κ2) is 4.28. The summed E-state index contributed by atoms with van der Waals surface area (Å²) in [6.45, 7) is 3.09. The van der Waals surface area contributed by atoms with E-state index in [0.717, 1.165) is 13.0 Å². The van der Waals surface area contributed by atoms with Gasteiger partial charge in [-0.15, -0.1) is 0 Å². The van der Waals surface area contributed by atoms with E-state index >= 15 is 0 Å². The van der Waals surface area contributed by atoms with Gasteiger partial charge in [-0.3, -0.25) is 4.98 Å². The molecule has 0 radical (unpaired) electrons. The maximum atomic E-state index is 8.70. The van der Waals surface area contributed by atoms with E-state index in [1.54, 1.807) is 12.3 Å². The number of rotatable bonds is 3. The molecule has 0 aliphatic carbocycles. The molecule has 1 aromatic rings. The van der Waals surface area contributed by atoms with Gasteiger partial charge >= 0.3 is 0 Å². The van der Waals surface area contributed by atoms with Crippen LogP contribution < -0.4 is 10.1 Å². The van der Waals surface area contributed by atoms with Crippen molar-refractivity contribution in [1.82, 2.24) is 10.3 Å². The Hall–Kier alpha value is -1.60. The van der Waals surface area contributed by atoms with Crippen LogP contribution in [0.1, 0.15) is 18.9 Å². The molecule has 0 aromatic carbocycles. The van der Waals surface area contributed by atoms with Gasteiger partial charge in [0.1, 0.15) is 17.9 Å². The van der Waals surface area contributed by atoms with Crippen molar-refractivity contribution in [2.75, 3.05) is 6.54 Å². The van der Waals surface area contributed by atoms with E-state index in [1.807, 2.05) is 13.0 Å². The lowest BCUT2D eigenvalue weighted by Crippen LogP contribution is -2.51. The quantitative estimate of drug-likeness (QED) is 0.798. The Bertz CT molecular complexity index is 382. The van der Waals surface area contributed by atoms with Gasteiger partial charge in [0.2, 0.25) is 0 Å². The highest BCUT2D eigenvalue weighted by atomic mass is 16.5. The first kappa shape index (κ1) is 9.94. The molecular formula is C11H13N3O. The van der Waals surface area contributed by atoms with Crippen LogP contribution in [0, 0.1) is 11.3 Å². The van der Waals surface area contributed by atoms with Crippen LogP contribution in [0.5, 0.6) is 5.75 Å². The number of nitriles is 1. The molecule has 1 aliphatic heterocycles. The van der Waals surface area contributed by atoms with Crippen LogP contribution in [0.4, 0.5) is 0 Å². The monoisotopic (exact) mass is 203 g/mol.